The van der Waals surface area contributed by atoms with Crippen molar-refractivity contribution in [2.45, 2.75) is 0 Å². The molecule has 1 aliphatic heterocycles. The van der Waals surface area contributed by atoms with Gasteiger partial charge in [0.2, 0.25) is 0 Å². The summed E-state index contributed by atoms with van der Waals surface area (Å²) in [5.41, 5.74) is 13.9. The zero-order valence-corrected chi connectivity index (χ0v) is 31.7. The topological polar surface area (TPSA) is 47.1 Å². The van der Waals surface area contributed by atoms with Crippen LogP contribution in [0.4, 0.5) is 17.1 Å². The first-order chi connectivity index (χ1) is 29.3. The Labute approximate surface area is 338 Å². The molecule has 0 fully saturated rings. The smallest absolute Gasteiger partial charge is 0.180 e. The number of fused-ring (bicyclic) bond motifs is 10. The fourth-order valence-corrected chi connectivity index (χ4v) is 9.55. The predicted octanol–water partition coefficient (Wildman–Crippen LogP) is 14.6. The van der Waals surface area contributed by atoms with Crippen LogP contribution in [0.2, 0.25) is 0 Å². The first-order valence-corrected chi connectivity index (χ1v) is 20.0. The number of anilines is 3. The van der Waals surface area contributed by atoms with Gasteiger partial charge in [0.15, 0.2) is 11.4 Å². The van der Waals surface area contributed by atoms with Crippen molar-refractivity contribution in [3.63, 3.8) is 0 Å². The molecule has 0 N–H and O–H groups in total. The quantitative estimate of drug-likeness (QED) is 0.180. The highest BCUT2D eigenvalue weighted by Gasteiger charge is 2.30. The molecule has 0 spiro atoms. The van der Waals surface area contributed by atoms with Crippen molar-refractivity contribution in [2.75, 3.05) is 4.90 Å². The molecule has 3 aromatic heterocycles. The summed E-state index contributed by atoms with van der Waals surface area (Å²) < 4.78 is 9.04. The molecule has 9 aromatic carbocycles. The summed E-state index contributed by atoms with van der Waals surface area (Å²) in [4.78, 5) is 13.4. The minimum Gasteiger partial charge on any atom is -0.452 e. The molecular weight excluding hydrogens is 721 g/mol. The zero-order valence-electron chi connectivity index (χ0n) is 31.7. The highest BCUT2D eigenvalue weighted by atomic mass is 16.3. The highest BCUT2D eigenvalue weighted by molar-refractivity contribution is 6.20. The first kappa shape index (κ1) is 32.1. The van der Waals surface area contributed by atoms with E-state index in [1.807, 2.05) is 18.2 Å². The first-order valence-electron chi connectivity index (χ1n) is 20.0. The van der Waals surface area contributed by atoms with E-state index in [9.17, 15) is 0 Å². The van der Waals surface area contributed by atoms with E-state index in [-0.39, 0.29) is 0 Å². The van der Waals surface area contributed by atoms with E-state index in [0.29, 0.717) is 11.4 Å². The fraction of sp³-hybridized carbons (Fsp3) is 0. The zero-order chi connectivity index (χ0) is 38.6. The second-order valence-electron chi connectivity index (χ2n) is 15.3. The van der Waals surface area contributed by atoms with E-state index >= 15 is 0 Å². The normalized spacial score (nSPS) is 12.4. The van der Waals surface area contributed by atoms with Crippen LogP contribution >= 0.6 is 0 Å². The number of benzene rings is 9. The van der Waals surface area contributed by atoms with Gasteiger partial charge in [0.25, 0.3) is 0 Å². The van der Waals surface area contributed by atoms with Crippen molar-refractivity contribution in [1.29, 1.82) is 0 Å². The van der Waals surface area contributed by atoms with Crippen LogP contribution in [0.1, 0.15) is 0 Å². The largest absolute Gasteiger partial charge is 0.452 e. The lowest BCUT2D eigenvalue weighted by atomic mass is 9.88. The Morgan fingerprint density at radius 3 is 2.05 bits per heavy atom. The number of aromatic nitrogens is 3. The third-order valence-electron chi connectivity index (χ3n) is 12.1. The van der Waals surface area contributed by atoms with Gasteiger partial charge >= 0.3 is 0 Å². The van der Waals surface area contributed by atoms with Crippen molar-refractivity contribution in [3.8, 4) is 39.5 Å². The van der Waals surface area contributed by atoms with Crippen LogP contribution in [0, 0.1) is 0 Å². The van der Waals surface area contributed by atoms with E-state index in [2.05, 4.69) is 185 Å². The number of hydrogen-bond acceptors (Lipinski definition) is 4. The molecule has 5 nitrogen and oxygen atoms in total. The third kappa shape index (κ3) is 4.61. The van der Waals surface area contributed by atoms with Crippen LogP contribution in [-0.2, 0) is 0 Å². The van der Waals surface area contributed by atoms with Crippen LogP contribution < -0.4 is 4.90 Å². The van der Waals surface area contributed by atoms with Crippen molar-refractivity contribution in [2.24, 2.45) is 0 Å². The molecule has 0 aliphatic carbocycles. The Morgan fingerprint density at radius 2 is 1.14 bits per heavy atom. The summed E-state index contributed by atoms with van der Waals surface area (Å²) in [5, 5.41) is 8.15. The SMILES string of the molecule is c1ccc(-n2c3ccccc3c3ccc(-c4nc(-c5ccccc5N5c6c(ccc7ccccc67)-c6cccc7cccc5c67)nc5c4oc4ccccc45)cc32)cc1. The third-order valence-corrected chi connectivity index (χ3v) is 12.1. The van der Waals surface area contributed by atoms with E-state index in [4.69, 9.17) is 14.4 Å². The maximum absolute atomic E-state index is 6.69. The van der Waals surface area contributed by atoms with Gasteiger partial charge in [-0.25, -0.2) is 9.97 Å². The summed E-state index contributed by atoms with van der Waals surface area (Å²) in [5.74, 6) is 0.631. The second kappa shape index (κ2) is 12.2. The van der Waals surface area contributed by atoms with Crippen molar-refractivity contribution < 1.29 is 4.42 Å². The molecule has 0 saturated carbocycles. The summed E-state index contributed by atoms with van der Waals surface area (Å²) in [7, 11) is 0. The van der Waals surface area contributed by atoms with Crippen LogP contribution in [0.3, 0.4) is 0 Å². The molecule has 0 unspecified atom stereocenters. The van der Waals surface area contributed by atoms with Gasteiger partial charge in [-0.2, -0.15) is 0 Å². The maximum Gasteiger partial charge on any atom is 0.180 e. The van der Waals surface area contributed by atoms with Gasteiger partial charge in [-0.1, -0.05) is 140 Å². The van der Waals surface area contributed by atoms with Gasteiger partial charge in [0, 0.05) is 49.3 Å². The molecular formula is C54H32N4O. The van der Waals surface area contributed by atoms with E-state index < -0.39 is 0 Å². The molecule has 0 radical (unpaired) electrons. The molecule has 0 saturated heterocycles. The highest BCUT2D eigenvalue weighted by Crippen LogP contribution is 2.54. The number of hydrogen-bond donors (Lipinski definition) is 0. The van der Waals surface area contributed by atoms with Gasteiger partial charge in [0.1, 0.15) is 16.8 Å². The standard InChI is InChI=1S/C54H32N4O/c1-2-17-36(18-3-1)57-44-24-9-6-20-38(44)39-30-29-35(32-47(39)57)50-53-51(43-22-8-11-27-48(43)59-53)56-54(55-50)42-21-7-10-25-45(42)58-46-26-13-16-34-15-12-23-40(49(34)46)41-31-28-33-14-4-5-19-37(33)52(41)58/h1-32H. The number of rotatable bonds is 4. The lowest BCUT2D eigenvalue weighted by molar-refractivity contribution is 0.667. The number of nitrogens with zero attached hydrogens (tertiary/aromatic N) is 4. The van der Waals surface area contributed by atoms with Crippen molar-refractivity contribution in [1.82, 2.24) is 14.5 Å². The maximum atomic E-state index is 6.69. The van der Waals surface area contributed by atoms with Crippen LogP contribution in [0.25, 0.3) is 105 Å². The Kier molecular flexibility index (Phi) is 6.66. The lowest BCUT2D eigenvalue weighted by Gasteiger charge is -2.35. The summed E-state index contributed by atoms with van der Waals surface area (Å²) in [6.45, 7) is 0. The Hall–Kier alpha value is -8.02. The molecule has 5 heteroatoms. The minimum absolute atomic E-state index is 0.631. The molecule has 0 amide bonds. The van der Waals surface area contributed by atoms with Crippen molar-refractivity contribution >= 4 is 82.5 Å². The Bertz CT molecular complexity index is 3690. The van der Waals surface area contributed by atoms with Gasteiger partial charge in [-0.15, -0.1) is 0 Å². The molecule has 0 bridgehead atoms. The summed E-state index contributed by atoms with van der Waals surface area (Å²) >= 11 is 0. The number of para-hydroxylation sites is 4. The molecule has 1 aliphatic rings. The second-order valence-corrected chi connectivity index (χ2v) is 15.3. The molecule has 13 rings (SSSR count). The predicted molar refractivity (Wildman–Crippen MR) is 243 cm³/mol. The van der Waals surface area contributed by atoms with Gasteiger partial charge in [-0.05, 0) is 70.9 Å². The van der Waals surface area contributed by atoms with E-state index in [1.165, 1.54) is 43.4 Å². The summed E-state index contributed by atoms with van der Waals surface area (Å²) in [6, 6.07) is 69.0. The van der Waals surface area contributed by atoms with E-state index in [0.717, 1.165) is 67.1 Å². The van der Waals surface area contributed by atoms with Crippen LogP contribution in [0.5, 0.6) is 0 Å². The van der Waals surface area contributed by atoms with Gasteiger partial charge in [-0.3, -0.25) is 0 Å². The molecule has 4 heterocycles. The van der Waals surface area contributed by atoms with Gasteiger partial charge < -0.3 is 13.9 Å². The lowest BCUT2D eigenvalue weighted by Crippen LogP contribution is -2.16. The molecule has 59 heavy (non-hydrogen) atoms. The van der Waals surface area contributed by atoms with Gasteiger partial charge in [0.05, 0.1) is 28.1 Å². The monoisotopic (exact) mass is 752 g/mol. The van der Waals surface area contributed by atoms with E-state index in [1.54, 1.807) is 0 Å². The molecule has 274 valence electrons. The summed E-state index contributed by atoms with van der Waals surface area (Å²) in [6.07, 6.45) is 0. The minimum atomic E-state index is 0.631. The Morgan fingerprint density at radius 1 is 0.441 bits per heavy atom. The average Bonchev–Trinajstić information content (AvgIpc) is 3.85. The Balaban J connectivity index is 1.10. The average molecular weight is 753 g/mol. The molecule has 12 aromatic rings. The van der Waals surface area contributed by atoms with Crippen molar-refractivity contribution in [3.05, 3.63) is 194 Å². The van der Waals surface area contributed by atoms with Crippen LogP contribution in [-0.4, -0.2) is 14.5 Å². The van der Waals surface area contributed by atoms with Crippen LogP contribution in [0.15, 0.2) is 199 Å². The molecule has 0 atom stereocenters. The number of furan rings is 1. The fourth-order valence-electron chi connectivity index (χ4n) is 9.55.